The summed E-state index contributed by atoms with van der Waals surface area (Å²) >= 11 is 0. The number of ketones is 2. The van der Waals surface area contributed by atoms with Crippen LogP contribution in [0.1, 0.15) is 23.7 Å². The summed E-state index contributed by atoms with van der Waals surface area (Å²) in [6, 6.07) is 15.6. The number of benzene rings is 2. The molecule has 5 nitrogen and oxygen atoms in total. The second-order valence-electron chi connectivity index (χ2n) is 5.52. The van der Waals surface area contributed by atoms with Crippen LogP contribution in [0.5, 0.6) is 5.75 Å². The molecule has 1 N–H and O–H groups in total. The second kappa shape index (κ2) is 6.12. The Balaban J connectivity index is 2.41. The number of rotatable bonds is 4. The van der Waals surface area contributed by atoms with Gasteiger partial charge in [0.1, 0.15) is 17.1 Å². The van der Waals surface area contributed by atoms with Gasteiger partial charge >= 0.3 is 0 Å². The van der Waals surface area contributed by atoms with Crippen molar-refractivity contribution in [1.29, 1.82) is 0 Å². The smallest absolute Gasteiger partial charge is 0.270 e. The van der Waals surface area contributed by atoms with Crippen molar-refractivity contribution in [1.82, 2.24) is 4.57 Å². The average molecular weight is 321 g/mol. The molecule has 0 aliphatic carbocycles. The molecular weight excluding hydrogens is 306 g/mol. The van der Waals surface area contributed by atoms with E-state index in [9.17, 15) is 19.5 Å². The van der Waals surface area contributed by atoms with Crippen LogP contribution in [-0.2, 0) is 4.79 Å². The van der Waals surface area contributed by atoms with E-state index in [1.807, 2.05) is 6.07 Å². The van der Waals surface area contributed by atoms with E-state index in [2.05, 4.69) is 0 Å². The Labute approximate surface area is 137 Å². The standard InChI is InChI=1S/C19H15NO4/c1-12(21)11-16(22)17-18(23)14-9-5-6-10-15(14)20(19(17)24)13-7-3-2-4-8-13/h2-10,23H,11H2,1H3. The summed E-state index contributed by atoms with van der Waals surface area (Å²) in [5, 5.41) is 10.8. The third-order valence-electron chi connectivity index (χ3n) is 3.76. The van der Waals surface area contributed by atoms with Gasteiger partial charge in [0, 0.05) is 11.1 Å². The fourth-order valence-electron chi connectivity index (χ4n) is 2.73. The Morgan fingerprint density at radius 2 is 1.62 bits per heavy atom. The summed E-state index contributed by atoms with van der Waals surface area (Å²) in [6.45, 7) is 1.27. The van der Waals surface area contributed by atoms with Crippen molar-refractivity contribution in [3.8, 4) is 11.4 Å². The molecule has 0 saturated heterocycles. The van der Waals surface area contributed by atoms with E-state index in [0.29, 0.717) is 16.6 Å². The number of nitrogens with zero attached hydrogens (tertiary/aromatic N) is 1. The molecule has 0 fully saturated rings. The average Bonchev–Trinajstić information content (AvgIpc) is 2.55. The monoisotopic (exact) mass is 321 g/mol. The Bertz CT molecular complexity index is 1000. The summed E-state index contributed by atoms with van der Waals surface area (Å²) in [7, 11) is 0. The lowest BCUT2D eigenvalue weighted by molar-refractivity contribution is -0.116. The van der Waals surface area contributed by atoms with Crippen LogP contribution in [0.3, 0.4) is 0 Å². The van der Waals surface area contributed by atoms with Crippen LogP contribution >= 0.6 is 0 Å². The van der Waals surface area contributed by atoms with Gasteiger partial charge in [-0.2, -0.15) is 0 Å². The topological polar surface area (TPSA) is 76.4 Å². The molecule has 120 valence electrons. The van der Waals surface area contributed by atoms with Crippen molar-refractivity contribution < 1.29 is 14.7 Å². The number of pyridine rings is 1. The predicted octanol–water partition coefficient (Wildman–Crippen LogP) is 2.86. The zero-order valence-electron chi connectivity index (χ0n) is 13.0. The van der Waals surface area contributed by atoms with Gasteiger partial charge in [-0.25, -0.2) is 0 Å². The number of carbonyl (C=O) groups is 2. The first-order valence-corrected chi connectivity index (χ1v) is 7.45. The van der Waals surface area contributed by atoms with Crippen molar-refractivity contribution in [3.63, 3.8) is 0 Å². The van der Waals surface area contributed by atoms with E-state index in [0.717, 1.165) is 0 Å². The summed E-state index contributed by atoms with van der Waals surface area (Å²) < 4.78 is 1.38. The highest BCUT2D eigenvalue weighted by atomic mass is 16.3. The molecule has 0 unspecified atom stereocenters. The molecular formula is C19H15NO4. The third kappa shape index (κ3) is 2.60. The maximum atomic E-state index is 12.9. The highest BCUT2D eigenvalue weighted by Gasteiger charge is 2.23. The minimum absolute atomic E-state index is 0.354. The number of hydrogen-bond donors (Lipinski definition) is 1. The molecule has 24 heavy (non-hydrogen) atoms. The van der Waals surface area contributed by atoms with Crippen LogP contribution in [-0.4, -0.2) is 21.2 Å². The lowest BCUT2D eigenvalue weighted by Crippen LogP contribution is -2.26. The van der Waals surface area contributed by atoms with Gasteiger partial charge in [0.2, 0.25) is 0 Å². The summed E-state index contributed by atoms with van der Waals surface area (Å²) in [5.74, 6) is -1.42. The van der Waals surface area contributed by atoms with Gasteiger partial charge < -0.3 is 5.11 Å². The molecule has 0 radical (unpaired) electrons. The van der Waals surface area contributed by atoms with Gasteiger partial charge in [-0.3, -0.25) is 19.0 Å². The quantitative estimate of drug-likeness (QED) is 0.592. The number of Topliss-reactive ketones (excluding diaryl/α,β-unsaturated/α-hetero) is 2. The molecule has 1 aromatic heterocycles. The third-order valence-corrected chi connectivity index (χ3v) is 3.76. The lowest BCUT2D eigenvalue weighted by Gasteiger charge is -2.14. The number of aromatic nitrogens is 1. The van der Waals surface area contributed by atoms with Crippen molar-refractivity contribution in [3.05, 3.63) is 70.5 Å². The highest BCUT2D eigenvalue weighted by molar-refractivity contribution is 6.11. The van der Waals surface area contributed by atoms with Crippen molar-refractivity contribution in [2.45, 2.75) is 13.3 Å². The van der Waals surface area contributed by atoms with Crippen LogP contribution in [0.25, 0.3) is 16.6 Å². The van der Waals surface area contributed by atoms with Crippen LogP contribution < -0.4 is 5.56 Å². The second-order valence-corrected chi connectivity index (χ2v) is 5.52. The minimum atomic E-state index is -0.680. The van der Waals surface area contributed by atoms with Gasteiger partial charge in [0.25, 0.3) is 5.56 Å². The Morgan fingerprint density at radius 1 is 1.00 bits per heavy atom. The molecule has 0 atom stereocenters. The zero-order chi connectivity index (χ0) is 17.3. The Morgan fingerprint density at radius 3 is 2.29 bits per heavy atom. The molecule has 0 aliphatic rings. The minimum Gasteiger partial charge on any atom is -0.506 e. The van der Waals surface area contributed by atoms with E-state index in [4.69, 9.17) is 0 Å². The lowest BCUT2D eigenvalue weighted by atomic mass is 10.0. The van der Waals surface area contributed by atoms with Gasteiger partial charge in [-0.1, -0.05) is 30.3 Å². The summed E-state index contributed by atoms with van der Waals surface area (Å²) in [6.07, 6.45) is -0.421. The Kier molecular flexibility index (Phi) is 4.00. The van der Waals surface area contributed by atoms with Gasteiger partial charge in [0.05, 0.1) is 11.9 Å². The van der Waals surface area contributed by atoms with E-state index >= 15 is 0 Å². The van der Waals surface area contributed by atoms with Crippen LogP contribution in [0.15, 0.2) is 59.4 Å². The van der Waals surface area contributed by atoms with Crippen molar-refractivity contribution in [2.75, 3.05) is 0 Å². The molecule has 1 heterocycles. The highest BCUT2D eigenvalue weighted by Crippen LogP contribution is 2.28. The molecule has 2 aromatic carbocycles. The normalized spacial score (nSPS) is 10.7. The van der Waals surface area contributed by atoms with E-state index in [-0.39, 0.29) is 17.1 Å². The molecule has 5 heteroatoms. The fraction of sp³-hybridized carbons (Fsp3) is 0.105. The van der Waals surface area contributed by atoms with Gasteiger partial charge in [0.15, 0.2) is 5.78 Å². The van der Waals surface area contributed by atoms with E-state index in [1.165, 1.54) is 11.5 Å². The molecule has 0 bridgehead atoms. The van der Waals surface area contributed by atoms with Crippen LogP contribution in [0.4, 0.5) is 0 Å². The largest absolute Gasteiger partial charge is 0.506 e. The molecule has 3 rings (SSSR count). The molecule has 3 aromatic rings. The predicted molar refractivity (Wildman–Crippen MR) is 90.8 cm³/mol. The number of aromatic hydroxyl groups is 1. The summed E-state index contributed by atoms with van der Waals surface area (Å²) in [5.41, 5.74) is 0.0811. The first-order valence-electron chi connectivity index (χ1n) is 7.45. The SMILES string of the molecule is CC(=O)CC(=O)c1c(O)c2ccccc2n(-c2ccccc2)c1=O. The van der Waals surface area contributed by atoms with Crippen LogP contribution in [0, 0.1) is 0 Å². The molecule has 0 saturated carbocycles. The van der Waals surface area contributed by atoms with E-state index in [1.54, 1.807) is 48.5 Å². The van der Waals surface area contributed by atoms with Crippen molar-refractivity contribution in [2.24, 2.45) is 0 Å². The van der Waals surface area contributed by atoms with E-state index < -0.39 is 17.8 Å². The van der Waals surface area contributed by atoms with Crippen molar-refractivity contribution >= 4 is 22.5 Å². The fourth-order valence-corrected chi connectivity index (χ4v) is 2.73. The maximum absolute atomic E-state index is 12.9. The number of para-hydroxylation sites is 2. The number of hydrogen-bond acceptors (Lipinski definition) is 4. The first-order chi connectivity index (χ1) is 11.5. The molecule has 0 aliphatic heterocycles. The number of carbonyl (C=O) groups excluding carboxylic acids is 2. The van der Waals surface area contributed by atoms with Gasteiger partial charge in [-0.15, -0.1) is 0 Å². The number of fused-ring (bicyclic) bond motifs is 1. The summed E-state index contributed by atoms with van der Waals surface area (Å²) in [4.78, 5) is 36.5. The Hall–Kier alpha value is -3.21. The van der Waals surface area contributed by atoms with Crippen LogP contribution in [0.2, 0.25) is 0 Å². The van der Waals surface area contributed by atoms with Gasteiger partial charge in [-0.05, 0) is 31.2 Å². The first kappa shape index (κ1) is 15.7. The molecule has 0 spiro atoms. The molecule has 0 amide bonds. The zero-order valence-corrected chi connectivity index (χ0v) is 13.0. The maximum Gasteiger partial charge on any atom is 0.270 e.